The third kappa shape index (κ3) is 3.60. The molecule has 1 aliphatic rings. The first-order chi connectivity index (χ1) is 13.1. The minimum atomic E-state index is -0.382. The number of amidine groups is 1. The largest absolute Gasteiger partial charge is 0.371 e. The molecule has 0 fully saturated rings. The van der Waals surface area contributed by atoms with E-state index in [4.69, 9.17) is 16.4 Å². The number of anilines is 1. The first-order valence-electron chi connectivity index (χ1n) is 9.21. The van der Waals surface area contributed by atoms with E-state index in [2.05, 4.69) is 29.2 Å². The molecule has 1 heterocycles. The lowest BCUT2D eigenvalue weighted by Crippen LogP contribution is -2.58. The first kappa shape index (κ1) is 18.8. The number of nitrogens with two attached hydrogens (primary N) is 1. The lowest BCUT2D eigenvalue weighted by atomic mass is 9.87. The van der Waals surface area contributed by atoms with Crippen LogP contribution in [-0.2, 0) is 0 Å². The van der Waals surface area contributed by atoms with Gasteiger partial charge in [0.25, 0.3) is 0 Å². The molecule has 3 N–H and O–H groups in total. The highest BCUT2D eigenvalue weighted by Crippen LogP contribution is 2.38. The molecule has 3 rings (SSSR count). The number of benzene rings is 2. The molecular formula is C20H25N7. The summed E-state index contributed by atoms with van der Waals surface area (Å²) in [6, 6.07) is 17.5. The Morgan fingerprint density at radius 3 is 2.48 bits per heavy atom. The molecule has 1 atom stereocenters. The normalized spacial score (nSPS) is 15.6. The highest BCUT2D eigenvalue weighted by Gasteiger charge is 2.40. The molecule has 27 heavy (non-hydrogen) atoms. The summed E-state index contributed by atoms with van der Waals surface area (Å²) in [7, 11) is 0. The number of hydrogen-bond acceptors (Lipinski definition) is 5. The Kier molecular flexibility index (Phi) is 5.64. The second-order valence-electron chi connectivity index (χ2n) is 6.61. The zero-order chi connectivity index (χ0) is 19.3. The van der Waals surface area contributed by atoms with Gasteiger partial charge in [-0.25, -0.2) is 10.8 Å². The standard InChI is InChI=1S/C20H25N7/c1-3-20(4-2)19(24-16-12-8-9-13-17(16)25-20)27(22)18(14-23-26-21)15-10-6-5-7-11-15/h5-13,18,25H,3-4,14,22H2,1-2H3. The molecule has 1 aliphatic heterocycles. The molecule has 0 radical (unpaired) electrons. The zero-order valence-corrected chi connectivity index (χ0v) is 15.7. The van der Waals surface area contributed by atoms with E-state index in [1.54, 1.807) is 5.01 Å². The zero-order valence-electron chi connectivity index (χ0n) is 15.7. The average Bonchev–Trinajstić information content (AvgIpc) is 2.73. The fraction of sp³-hybridized carbons (Fsp3) is 0.350. The average molecular weight is 363 g/mol. The Hall–Kier alpha value is -3.02. The van der Waals surface area contributed by atoms with Gasteiger partial charge in [0.15, 0.2) is 0 Å². The Morgan fingerprint density at radius 1 is 1.15 bits per heavy atom. The highest BCUT2D eigenvalue weighted by molar-refractivity contribution is 6.00. The maximum Gasteiger partial charge on any atom is 0.145 e. The number of para-hydroxylation sites is 2. The summed E-state index contributed by atoms with van der Waals surface area (Å²) in [6.45, 7) is 4.47. The lowest BCUT2D eigenvalue weighted by molar-refractivity contribution is 0.305. The van der Waals surface area contributed by atoms with Gasteiger partial charge in [-0.1, -0.05) is 61.4 Å². The molecule has 140 valence electrons. The van der Waals surface area contributed by atoms with Crippen molar-refractivity contribution in [2.75, 3.05) is 11.9 Å². The summed E-state index contributed by atoms with van der Waals surface area (Å²) in [5, 5.41) is 9.11. The summed E-state index contributed by atoms with van der Waals surface area (Å²) in [5.41, 5.74) is 11.3. The number of hydrogen-bond donors (Lipinski definition) is 2. The van der Waals surface area contributed by atoms with E-state index >= 15 is 0 Å². The van der Waals surface area contributed by atoms with Gasteiger partial charge < -0.3 is 5.32 Å². The topological polar surface area (TPSA) is 102 Å². The van der Waals surface area contributed by atoms with Crippen LogP contribution in [-0.4, -0.2) is 22.9 Å². The number of azide groups is 1. The summed E-state index contributed by atoms with van der Waals surface area (Å²) < 4.78 is 0. The number of rotatable bonds is 6. The molecule has 0 saturated carbocycles. The van der Waals surface area contributed by atoms with E-state index in [1.165, 1.54) is 0 Å². The van der Waals surface area contributed by atoms with Gasteiger partial charge in [-0.2, -0.15) is 0 Å². The molecule has 0 aliphatic carbocycles. The van der Waals surface area contributed by atoms with Crippen LogP contribution in [0, 0.1) is 0 Å². The Balaban J connectivity index is 2.08. The van der Waals surface area contributed by atoms with Crippen molar-refractivity contribution >= 4 is 17.2 Å². The number of hydrazine groups is 1. The predicted molar refractivity (Wildman–Crippen MR) is 110 cm³/mol. The smallest absolute Gasteiger partial charge is 0.145 e. The predicted octanol–water partition coefficient (Wildman–Crippen LogP) is 4.93. The molecule has 1 unspecified atom stereocenters. The van der Waals surface area contributed by atoms with Crippen molar-refractivity contribution in [1.82, 2.24) is 5.01 Å². The maximum absolute atomic E-state index is 8.84. The molecule has 0 spiro atoms. The molecule has 7 nitrogen and oxygen atoms in total. The van der Waals surface area contributed by atoms with E-state index in [0.717, 1.165) is 35.6 Å². The van der Waals surface area contributed by atoms with Crippen molar-refractivity contribution in [3.63, 3.8) is 0 Å². The Morgan fingerprint density at radius 2 is 1.81 bits per heavy atom. The monoisotopic (exact) mass is 363 g/mol. The molecule has 0 amide bonds. The number of aliphatic imine (C=N–C) groups is 1. The van der Waals surface area contributed by atoms with E-state index in [-0.39, 0.29) is 18.1 Å². The summed E-state index contributed by atoms with van der Waals surface area (Å²) in [4.78, 5) is 7.84. The van der Waals surface area contributed by atoms with E-state index < -0.39 is 0 Å². The molecule has 7 heteroatoms. The van der Waals surface area contributed by atoms with Crippen molar-refractivity contribution in [2.24, 2.45) is 15.9 Å². The van der Waals surface area contributed by atoms with Crippen molar-refractivity contribution in [1.29, 1.82) is 0 Å². The van der Waals surface area contributed by atoms with Crippen LogP contribution >= 0.6 is 0 Å². The summed E-state index contributed by atoms with van der Waals surface area (Å²) in [5.74, 6) is 7.39. The van der Waals surface area contributed by atoms with Crippen molar-refractivity contribution in [2.45, 2.75) is 38.3 Å². The molecule has 2 aromatic carbocycles. The minimum Gasteiger partial charge on any atom is -0.371 e. The lowest BCUT2D eigenvalue weighted by Gasteiger charge is -2.44. The number of fused-ring (bicyclic) bond motifs is 1. The third-order valence-electron chi connectivity index (χ3n) is 5.22. The van der Waals surface area contributed by atoms with Crippen LogP contribution in [0.3, 0.4) is 0 Å². The van der Waals surface area contributed by atoms with Gasteiger partial charge >= 0.3 is 0 Å². The van der Waals surface area contributed by atoms with Gasteiger partial charge in [0, 0.05) is 4.91 Å². The highest BCUT2D eigenvalue weighted by atomic mass is 15.5. The van der Waals surface area contributed by atoms with E-state index in [9.17, 15) is 0 Å². The van der Waals surface area contributed by atoms with Gasteiger partial charge in [-0.15, -0.1) is 0 Å². The van der Waals surface area contributed by atoms with Gasteiger partial charge in [0.05, 0.1) is 29.5 Å². The summed E-state index contributed by atoms with van der Waals surface area (Å²) in [6.07, 6.45) is 1.65. The van der Waals surface area contributed by atoms with Gasteiger partial charge in [-0.05, 0) is 36.1 Å². The van der Waals surface area contributed by atoms with Crippen molar-refractivity contribution < 1.29 is 0 Å². The summed E-state index contributed by atoms with van der Waals surface area (Å²) >= 11 is 0. The fourth-order valence-electron chi connectivity index (χ4n) is 3.55. The fourth-order valence-corrected chi connectivity index (χ4v) is 3.55. The van der Waals surface area contributed by atoms with Crippen molar-refractivity contribution in [3.8, 4) is 0 Å². The van der Waals surface area contributed by atoms with Crippen LogP contribution in [0.4, 0.5) is 11.4 Å². The van der Waals surface area contributed by atoms with Crippen LogP contribution in [0.2, 0.25) is 0 Å². The molecule has 0 saturated heterocycles. The second kappa shape index (κ2) is 8.12. The van der Waals surface area contributed by atoms with Crippen molar-refractivity contribution in [3.05, 3.63) is 70.6 Å². The molecule has 2 aromatic rings. The minimum absolute atomic E-state index is 0.223. The van der Waals surface area contributed by atoms with E-state index in [0.29, 0.717) is 0 Å². The van der Waals surface area contributed by atoms with Crippen LogP contribution in [0.1, 0.15) is 38.3 Å². The second-order valence-corrected chi connectivity index (χ2v) is 6.61. The van der Waals surface area contributed by atoms with Gasteiger partial charge in [0.1, 0.15) is 5.84 Å². The van der Waals surface area contributed by atoms with Crippen LogP contribution in [0.25, 0.3) is 10.4 Å². The van der Waals surface area contributed by atoms with Gasteiger partial charge in [-0.3, -0.25) is 5.01 Å². The van der Waals surface area contributed by atoms with Crippen LogP contribution in [0.15, 0.2) is 64.7 Å². The Labute approximate surface area is 159 Å². The van der Waals surface area contributed by atoms with Gasteiger partial charge in [0.2, 0.25) is 0 Å². The third-order valence-corrected chi connectivity index (χ3v) is 5.22. The molecular weight excluding hydrogens is 338 g/mol. The quantitative estimate of drug-likeness (QED) is 0.250. The molecule has 0 bridgehead atoms. The Bertz CT molecular complexity index is 852. The van der Waals surface area contributed by atoms with Crippen LogP contribution in [0.5, 0.6) is 0 Å². The number of nitrogens with zero attached hydrogens (tertiary/aromatic N) is 5. The van der Waals surface area contributed by atoms with E-state index in [1.807, 2.05) is 54.6 Å². The SMILES string of the molecule is CCC1(CC)Nc2ccccc2N=C1N(N)C(CN=[N+]=[N-])c1ccccc1. The first-order valence-corrected chi connectivity index (χ1v) is 9.21. The van der Waals surface area contributed by atoms with Crippen LogP contribution < -0.4 is 11.2 Å². The number of nitrogens with one attached hydrogen (secondary N) is 1. The maximum atomic E-state index is 8.84. The molecule has 0 aromatic heterocycles.